The van der Waals surface area contributed by atoms with Crippen molar-refractivity contribution in [2.24, 2.45) is 5.41 Å². The summed E-state index contributed by atoms with van der Waals surface area (Å²) in [5.74, 6) is 0.186. The summed E-state index contributed by atoms with van der Waals surface area (Å²) in [6.07, 6.45) is 0. The zero-order valence-electron chi connectivity index (χ0n) is 17.5. The van der Waals surface area contributed by atoms with E-state index in [1.165, 1.54) is 31.4 Å². The van der Waals surface area contributed by atoms with Gasteiger partial charge in [0.1, 0.15) is 5.75 Å². The predicted molar refractivity (Wildman–Crippen MR) is 115 cm³/mol. The summed E-state index contributed by atoms with van der Waals surface area (Å²) in [6.45, 7) is 5.50. The molecule has 0 aliphatic rings. The molecule has 2 rings (SSSR count). The Morgan fingerprint density at radius 2 is 1.69 bits per heavy atom. The van der Waals surface area contributed by atoms with Crippen molar-refractivity contribution in [1.29, 1.82) is 0 Å². The SMILES string of the molecule is COc1ccccc1NS(=O)(=O)c1ccc(C(=O)NCC(C)(C)CN(C)C)cc1. The van der Waals surface area contributed by atoms with Crippen LogP contribution in [-0.4, -0.2) is 53.5 Å². The Morgan fingerprint density at radius 3 is 2.28 bits per heavy atom. The predicted octanol–water partition coefficient (Wildman–Crippen LogP) is 2.81. The van der Waals surface area contributed by atoms with Gasteiger partial charge in [0.2, 0.25) is 0 Å². The molecule has 1 amide bonds. The van der Waals surface area contributed by atoms with Crippen LogP contribution in [0.1, 0.15) is 24.2 Å². The van der Waals surface area contributed by atoms with Crippen molar-refractivity contribution in [3.8, 4) is 5.75 Å². The normalized spacial score (nSPS) is 11.9. The molecule has 0 fully saturated rings. The van der Waals surface area contributed by atoms with Crippen LogP contribution in [0, 0.1) is 5.41 Å². The third kappa shape index (κ3) is 6.47. The van der Waals surface area contributed by atoms with Crippen LogP contribution in [0.2, 0.25) is 0 Å². The maximum Gasteiger partial charge on any atom is 0.262 e. The number of sulfonamides is 1. The number of para-hydroxylation sites is 2. The maximum atomic E-state index is 12.6. The fourth-order valence-electron chi connectivity index (χ4n) is 3.05. The van der Waals surface area contributed by atoms with Crippen LogP contribution in [0.25, 0.3) is 0 Å². The first-order chi connectivity index (χ1) is 13.5. The van der Waals surface area contributed by atoms with E-state index >= 15 is 0 Å². The van der Waals surface area contributed by atoms with Gasteiger partial charge in [0.25, 0.3) is 15.9 Å². The molecule has 0 spiro atoms. The van der Waals surface area contributed by atoms with Gasteiger partial charge in [-0.25, -0.2) is 8.42 Å². The van der Waals surface area contributed by atoms with E-state index in [-0.39, 0.29) is 16.2 Å². The highest BCUT2D eigenvalue weighted by atomic mass is 32.2. The van der Waals surface area contributed by atoms with Crippen LogP contribution < -0.4 is 14.8 Å². The molecular weight excluding hydrogens is 390 g/mol. The topological polar surface area (TPSA) is 87.7 Å². The van der Waals surface area contributed by atoms with Crippen molar-refractivity contribution in [2.45, 2.75) is 18.7 Å². The Hall–Kier alpha value is -2.58. The molecule has 2 aromatic carbocycles. The van der Waals surface area contributed by atoms with E-state index < -0.39 is 10.0 Å². The maximum absolute atomic E-state index is 12.6. The molecule has 0 radical (unpaired) electrons. The fourth-order valence-corrected chi connectivity index (χ4v) is 4.12. The molecule has 0 unspecified atom stereocenters. The molecule has 0 atom stereocenters. The zero-order valence-corrected chi connectivity index (χ0v) is 18.3. The second kappa shape index (κ2) is 9.28. The molecule has 0 aliphatic heterocycles. The number of hydrogen-bond acceptors (Lipinski definition) is 5. The number of nitrogens with zero attached hydrogens (tertiary/aromatic N) is 1. The number of amides is 1. The number of methoxy groups -OCH3 is 1. The van der Waals surface area contributed by atoms with Crippen molar-refractivity contribution in [3.63, 3.8) is 0 Å². The van der Waals surface area contributed by atoms with E-state index in [1.54, 1.807) is 24.3 Å². The first-order valence-electron chi connectivity index (χ1n) is 9.23. The Morgan fingerprint density at radius 1 is 1.07 bits per heavy atom. The van der Waals surface area contributed by atoms with Gasteiger partial charge in [-0.3, -0.25) is 9.52 Å². The second-order valence-corrected chi connectivity index (χ2v) is 9.60. The van der Waals surface area contributed by atoms with E-state index in [9.17, 15) is 13.2 Å². The number of hydrogen-bond donors (Lipinski definition) is 2. The van der Waals surface area contributed by atoms with E-state index in [0.717, 1.165) is 6.54 Å². The van der Waals surface area contributed by atoms with Crippen molar-refractivity contribution in [2.75, 3.05) is 39.0 Å². The van der Waals surface area contributed by atoms with Crippen LogP contribution >= 0.6 is 0 Å². The van der Waals surface area contributed by atoms with Gasteiger partial charge in [0.15, 0.2) is 0 Å². The number of carbonyl (C=O) groups excluding carboxylic acids is 1. The van der Waals surface area contributed by atoms with Gasteiger partial charge >= 0.3 is 0 Å². The minimum absolute atomic E-state index is 0.0629. The van der Waals surface area contributed by atoms with E-state index in [4.69, 9.17) is 4.74 Å². The number of nitrogens with one attached hydrogen (secondary N) is 2. The molecule has 0 aromatic heterocycles. The first kappa shape index (κ1) is 22.7. The van der Waals surface area contributed by atoms with Gasteiger partial charge < -0.3 is 15.0 Å². The molecule has 0 bridgehead atoms. The zero-order chi connectivity index (χ0) is 21.7. The van der Waals surface area contributed by atoms with Gasteiger partial charge in [-0.15, -0.1) is 0 Å². The number of rotatable bonds is 9. The molecule has 0 heterocycles. The summed E-state index contributed by atoms with van der Waals surface area (Å²) in [5, 5.41) is 2.91. The summed E-state index contributed by atoms with van der Waals surface area (Å²) in [5.41, 5.74) is 0.669. The molecule has 0 aliphatic carbocycles. The smallest absolute Gasteiger partial charge is 0.262 e. The molecule has 7 nitrogen and oxygen atoms in total. The van der Waals surface area contributed by atoms with Crippen LogP contribution in [0.4, 0.5) is 5.69 Å². The Kier molecular flexibility index (Phi) is 7.26. The van der Waals surface area contributed by atoms with E-state index in [1.807, 2.05) is 14.1 Å². The Balaban J connectivity index is 2.08. The summed E-state index contributed by atoms with van der Waals surface area (Å²) < 4.78 is 33.0. The highest BCUT2D eigenvalue weighted by Gasteiger charge is 2.21. The van der Waals surface area contributed by atoms with Crippen molar-refractivity contribution in [3.05, 3.63) is 54.1 Å². The van der Waals surface area contributed by atoms with E-state index in [0.29, 0.717) is 23.5 Å². The molecule has 29 heavy (non-hydrogen) atoms. The lowest BCUT2D eigenvalue weighted by Gasteiger charge is -2.28. The molecule has 2 aromatic rings. The highest BCUT2D eigenvalue weighted by molar-refractivity contribution is 7.92. The fraction of sp³-hybridized carbons (Fsp3) is 0.381. The molecule has 2 N–H and O–H groups in total. The largest absolute Gasteiger partial charge is 0.495 e. The average Bonchev–Trinajstić information content (AvgIpc) is 2.65. The average molecular weight is 420 g/mol. The van der Waals surface area contributed by atoms with Gasteiger partial charge in [0.05, 0.1) is 17.7 Å². The first-order valence-corrected chi connectivity index (χ1v) is 10.7. The summed E-state index contributed by atoms with van der Waals surface area (Å²) in [7, 11) is 1.64. The third-order valence-electron chi connectivity index (χ3n) is 4.25. The summed E-state index contributed by atoms with van der Waals surface area (Å²) in [6, 6.07) is 12.6. The quantitative estimate of drug-likeness (QED) is 0.653. The van der Waals surface area contributed by atoms with Gasteiger partial charge in [-0.1, -0.05) is 26.0 Å². The summed E-state index contributed by atoms with van der Waals surface area (Å²) >= 11 is 0. The lowest BCUT2D eigenvalue weighted by atomic mass is 9.93. The standard InChI is InChI=1S/C21H29N3O4S/c1-21(2,15-24(3)4)14-22-20(25)16-10-12-17(13-11-16)29(26,27)23-18-8-6-7-9-19(18)28-5/h6-13,23H,14-15H2,1-5H3,(H,22,25). The lowest BCUT2D eigenvalue weighted by molar-refractivity contribution is 0.0929. The lowest BCUT2D eigenvalue weighted by Crippen LogP contribution is -2.39. The minimum atomic E-state index is -3.80. The Labute approximate surface area is 173 Å². The second-order valence-electron chi connectivity index (χ2n) is 7.91. The molecule has 8 heteroatoms. The Bertz CT molecular complexity index is 939. The van der Waals surface area contributed by atoms with Gasteiger partial charge in [0, 0.05) is 18.7 Å². The molecule has 0 saturated heterocycles. The highest BCUT2D eigenvalue weighted by Crippen LogP contribution is 2.26. The van der Waals surface area contributed by atoms with E-state index in [2.05, 4.69) is 28.8 Å². The minimum Gasteiger partial charge on any atom is -0.495 e. The van der Waals surface area contributed by atoms with Crippen LogP contribution in [0.3, 0.4) is 0 Å². The van der Waals surface area contributed by atoms with Crippen LogP contribution in [-0.2, 0) is 10.0 Å². The monoisotopic (exact) mass is 419 g/mol. The number of ether oxygens (including phenoxy) is 1. The van der Waals surface area contributed by atoms with Gasteiger partial charge in [-0.05, 0) is 55.9 Å². The summed E-state index contributed by atoms with van der Waals surface area (Å²) in [4.78, 5) is 14.5. The molecular formula is C21H29N3O4S. The number of carbonyl (C=O) groups is 1. The van der Waals surface area contributed by atoms with Crippen LogP contribution in [0.15, 0.2) is 53.4 Å². The third-order valence-corrected chi connectivity index (χ3v) is 5.63. The molecule has 0 saturated carbocycles. The van der Waals surface area contributed by atoms with Gasteiger partial charge in [-0.2, -0.15) is 0 Å². The molecule has 158 valence electrons. The van der Waals surface area contributed by atoms with Crippen molar-refractivity contribution >= 4 is 21.6 Å². The van der Waals surface area contributed by atoms with Crippen LogP contribution in [0.5, 0.6) is 5.75 Å². The van der Waals surface area contributed by atoms with Crippen molar-refractivity contribution in [1.82, 2.24) is 10.2 Å². The number of benzene rings is 2. The van der Waals surface area contributed by atoms with Crippen molar-refractivity contribution < 1.29 is 17.9 Å². The number of anilines is 1.